The summed E-state index contributed by atoms with van der Waals surface area (Å²) in [4.78, 5) is 0. The Kier molecular flexibility index (Phi) is 3.73. The van der Waals surface area contributed by atoms with Crippen LogP contribution in [0, 0.1) is 0 Å². The molecule has 0 heterocycles. The van der Waals surface area contributed by atoms with Crippen LogP contribution in [0.2, 0.25) is 0 Å². The highest BCUT2D eigenvalue weighted by molar-refractivity contribution is 5.70. The van der Waals surface area contributed by atoms with E-state index in [1.54, 1.807) is 18.2 Å². The van der Waals surface area contributed by atoms with Crippen LogP contribution in [-0.4, -0.2) is 5.92 Å². The Hall–Kier alpha value is -1.65. The quantitative estimate of drug-likeness (QED) is 0.606. The molecule has 2 rings (SSSR count). The molecule has 0 unspecified atom stereocenters. The van der Waals surface area contributed by atoms with Crippen LogP contribution in [0.15, 0.2) is 47.8 Å². The van der Waals surface area contributed by atoms with Crippen molar-refractivity contribution in [3.8, 4) is 0 Å². The zero-order valence-corrected chi connectivity index (χ0v) is 9.90. The van der Waals surface area contributed by atoms with Gasteiger partial charge in [-0.15, -0.1) is 0 Å². The average Bonchev–Trinajstić information content (AvgIpc) is 2.41. The SMILES string of the molecule is FC1=C(\c2ccccc2)CCCC(F)(F)/C(F)=C\1F. The van der Waals surface area contributed by atoms with Crippen LogP contribution < -0.4 is 0 Å². The summed E-state index contributed by atoms with van der Waals surface area (Å²) in [7, 11) is 0. The van der Waals surface area contributed by atoms with Gasteiger partial charge in [-0.2, -0.15) is 8.78 Å². The summed E-state index contributed by atoms with van der Waals surface area (Å²) in [6.07, 6.45) is -1.02. The minimum absolute atomic E-state index is 0.0634. The molecule has 5 heteroatoms. The van der Waals surface area contributed by atoms with Gasteiger partial charge in [0.05, 0.1) is 0 Å². The van der Waals surface area contributed by atoms with E-state index < -0.39 is 29.8 Å². The van der Waals surface area contributed by atoms with E-state index in [1.165, 1.54) is 12.1 Å². The standard InChI is InChI=1S/C14H11F5/c15-11-10(9-5-2-1-3-6-9)7-4-8-14(18,19)13(17)12(11)16/h1-3,5-6H,4,7-8H2/b11-10-,13-12-. The van der Waals surface area contributed by atoms with Gasteiger partial charge in [0.1, 0.15) is 0 Å². The molecule has 0 saturated heterocycles. The summed E-state index contributed by atoms with van der Waals surface area (Å²) >= 11 is 0. The molecule has 0 bridgehead atoms. The second kappa shape index (κ2) is 5.15. The number of hydrogen-bond donors (Lipinski definition) is 0. The first-order chi connectivity index (χ1) is 8.93. The molecule has 0 nitrogen and oxygen atoms in total. The zero-order valence-electron chi connectivity index (χ0n) is 9.90. The molecule has 0 atom stereocenters. The largest absolute Gasteiger partial charge is 0.301 e. The molecule has 0 aliphatic heterocycles. The lowest BCUT2D eigenvalue weighted by Gasteiger charge is -2.19. The highest BCUT2D eigenvalue weighted by Gasteiger charge is 2.40. The van der Waals surface area contributed by atoms with Crippen LogP contribution >= 0.6 is 0 Å². The summed E-state index contributed by atoms with van der Waals surface area (Å²) in [5, 5.41) is 0. The number of allylic oxidation sites excluding steroid dienone is 4. The number of alkyl halides is 2. The van der Waals surface area contributed by atoms with E-state index >= 15 is 0 Å². The fourth-order valence-electron chi connectivity index (χ4n) is 2.01. The molecule has 0 radical (unpaired) electrons. The molecule has 0 saturated carbocycles. The van der Waals surface area contributed by atoms with Crippen molar-refractivity contribution in [2.45, 2.75) is 25.2 Å². The van der Waals surface area contributed by atoms with E-state index in [-0.39, 0.29) is 18.4 Å². The Labute approximate surface area is 107 Å². The fraction of sp³-hybridized carbons (Fsp3) is 0.286. The van der Waals surface area contributed by atoms with Gasteiger partial charge in [0.15, 0.2) is 11.7 Å². The normalized spacial score (nSPS) is 27.8. The van der Waals surface area contributed by atoms with Crippen molar-refractivity contribution in [3.63, 3.8) is 0 Å². The molecule has 0 spiro atoms. The van der Waals surface area contributed by atoms with Gasteiger partial charge in [0, 0.05) is 6.42 Å². The van der Waals surface area contributed by atoms with Gasteiger partial charge >= 0.3 is 5.92 Å². The van der Waals surface area contributed by atoms with E-state index in [1.807, 2.05) is 0 Å². The first-order valence-electron chi connectivity index (χ1n) is 5.81. The Balaban J connectivity index is 2.55. The lowest BCUT2D eigenvalue weighted by atomic mass is 9.94. The molecular formula is C14H11F5. The Morgan fingerprint density at radius 1 is 0.895 bits per heavy atom. The van der Waals surface area contributed by atoms with Gasteiger partial charge in [-0.25, -0.2) is 13.2 Å². The zero-order chi connectivity index (χ0) is 14.0. The third kappa shape index (κ3) is 2.69. The third-order valence-corrected chi connectivity index (χ3v) is 3.01. The predicted octanol–water partition coefficient (Wildman–Crippen LogP) is 5.34. The lowest BCUT2D eigenvalue weighted by Crippen LogP contribution is -2.19. The van der Waals surface area contributed by atoms with Crippen molar-refractivity contribution >= 4 is 5.57 Å². The van der Waals surface area contributed by atoms with Crippen molar-refractivity contribution in [2.24, 2.45) is 0 Å². The van der Waals surface area contributed by atoms with Crippen LogP contribution in [0.4, 0.5) is 22.0 Å². The van der Waals surface area contributed by atoms with E-state index in [0.717, 1.165) is 0 Å². The molecule has 19 heavy (non-hydrogen) atoms. The summed E-state index contributed by atoms with van der Waals surface area (Å²) in [5.41, 5.74) is 0.289. The van der Waals surface area contributed by atoms with Crippen molar-refractivity contribution in [2.75, 3.05) is 0 Å². The van der Waals surface area contributed by atoms with Crippen LogP contribution in [0.25, 0.3) is 5.57 Å². The Morgan fingerprint density at radius 3 is 2.16 bits per heavy atom. The predicted molar refractivity (Wildman–Crippen MR) is 62.5 cm³/mol. The maximum atomic E-state index is 13.8. The van der Waals surface area contributed by atoms with Gasteiger partial charge < -0.3 is 0 Å². The van der Waals surface area contributed by atoms with Gasteiger partial charge in [-0.3, -0.25) is 0 Å². The van der Waals surface area contributed by atoms with Crippen molar-refractivity contribution in [3.05, 3.63) is 53.4 Å². The molecule has 1 aromatic carbocycles. The van der Waals surface area contributed by atoms with Crippen molar-refractivity contribution in [1.29, 1.82) is 0 Å². The topological polar surface area (TPSA) is 0 Å². The molecule has 0 aromatic heterocycles. The highest BCUT2D eigenvalue weighted by atomic mass is 19.3. The summed E-state index contributed by atoms with van der Waals surface area (Å²) in [6.45, 7) is 0. The van der Waals surface area contributed by atoms with E-state index in [0.29, 0.717) is 5.56 Å². The van der Waals surface area contributed by atoms with E-state index in [2.05, 4.69) is 0 Å². The lowest BCUT2D eigenvalue weighted by molar-refractivity contribution is 0.00385. The van der Waals surface area contributed by atoms with Gasteiger partial charge in [0.2, 0.25) is 5.83 Å². The monoisotopic (exact) mass is 274 g/mol. The Bertz CT molecular complexity index is 528. The van der Waals surface area contributed by atoms with Gasteiger partial charge in [-0.05, 0) is 24.0 Å². The molecule has 0 amide bonds. The van der Waals surface area contributed by atoms with Gasteiger partial charge in [0.25, 0.3) is 0 Å². The minimum atomic E-state index is -3.94. The van der Waals surface area contributed by atoms with Crippen molar-refractivity contribution in [1.82, 2.24) is 0 Å². The second-order valence-corrected chi connectivity index (χ2v) is 4.34. The fourth-order valence-corrected chi connectivity index (χ4v) is 2.01. The number of rotatable bonds is 1. The maximum Gasteiger partial charge on any atom is 0.301 e. The molecule has 1 aromatic rings. The van der Waals surface area contributed by atoms with Crippen LogP contribution in [0.5, 0.6) is 0 Å². The third-order valence-electron chi connectivity index (χ3n) is 3.01. The van der Waals surface area contributed by atoms with Gasteiger partial charge in [-0.1, -0.05) is 30.3 Å². The van der Waals surface area contributed by atoms with E-state index in [4.69, 9.17) is 0 Å². The number of benzene rings is 1. The maximum absolute atomic E-state index is 13.8. The summed E-state index contributed by atoms with van der Waals surface area (Å²) in [6, 6.07) is 7.97. The Morgan fingerprint density at radius 2 is 1.53 bits per heavy atom. The van der Waals surface area contributed by atoms with E-state index in [9.17, 15) is 22.0 Å². The molecule has 102 valence electrons. The molecule has 1 aliphatic carbocycles. The smallest absolute Gasteiger partial charge is 0.203 e. The average molecular weight is 274 g/mol. The van der Waals surface area contributed by atoms with Crippen molar-refractivity contribution < 1.29 is 22.0 Å². The first-order valence-corrected chi connectivity index (χ1v) is 5.81. The molecular weight excluding hydrogens is 263 g/mol. The molecule has 0 N–H and O–H groups in total. The van der Waals surface area contributed by atoms with Crippen LogP contribution in [0.1, 0.15) is 24.8 Å². The minimum Gasteiger partial charge on any atom is -0.203 e. The number of hydrogen-bond acceptors (Lipinski definition) is 0. The van der Waals surface area contributed by atoms with Crippen LogP contribution in [-0.2, 0) is 0 Å². The summed E-state index contributed by atoms with van der Waals surface area (Å²) < 4.78 is 66.7. The summed E-state index contributed by atoms with van der Waals surface area (Å²) in [5.74, 6) is -9.89. The molecule has 1 aliphatic rings. The molecule has 0 fully saturated rings. The van der Waals surface area contributed by atoms with Crippen LogP contribution in [0.3, 0.4) is 0 Å². The highest BCUT2D eigenvalue weighted by Crippen LogP contribution is 2.41. The number of halogens is 5. The first kappa shape index (κ1) is 13.8. The second-order valence-electron chi connectivity index (χ2n) is 4.34.